The highest BCUT2D eigenvalue weighted by Gasteiger charge is 2.33. The van der Waals surface area contributed by atoms with Crippen LogP contribution in [0.25, 0.3) is 0 Å². The van der Waals surface area contributed by atoms with E-state index in [0.29, 0.717) is 52.4 Å². The molecule has 0 spiro atoms. The number of hydrogen-bond acceptors (Lipinski definition) is 13. The summed E-state index contributed by atoms with van der Waals surface area (Å²) < 4.78 is 0.191. The van der Waals surface area contributed by atoms with Gasteiger partial charge in [-0.15, -0.1) is 0 Å². The molecule has 14 nitrogen and oxygen atoms in total. The topological polar surface area (TPSA) is 187 Å². The Morgan fingerprint density at radius 1 is 0.317 bits per heavy atom. The van der Waals surface area contributed by atoms with Crippen LogP contribution in [0.1, 0.15) is 0 Å². The zero-order valence-corrected chi connectivity index (χ0v) is 34.2. The number of aliphatic hydroxyl groups excluding tert-OH is 8. The van der Waals surface area contributed by atoms with Crippen LogP contribution in [0.3, 0.4) is 0 Å². The Morgan fingerprint density at radius 2 is 0.567 bits per heavy atom. The molecule has 0 saturated heterocycles. The van der Waals surface area contributed by atoms with Gasteiger partial charge in [-0.25, -0.2) is 0 Å². The Balaban J connectivity index is 1.49. The van der Waals surface area contributed by atoms with Crippen LogP contribution in [0.4, 0.5) is 56.9 Å². The van der Waals surface area contributed by atoms with Crippen molar-refractivity contribution in [2.45, 2.75) is 0 Å². The molecular formula is C46H61N6O8+. The van der Waals surface area contributed by atoms with Crippen molar-refractivity contribution in [1.29, 1.82) is 0 Å². The zero-order valence-electron chi connectivity index (χ0n) is 34.2. The van der Waals surface area contributed by atoms with Crippen molar-refractivity contribution in [3.63, 3.8) is 0 Å². The monoisotopic (exact) mass is 825 g/mol. The Morgan fingerprint density at radius 3 is 0.867 bits per heavy atom. The average molecular weight is 826 g/mol. The van der Waals surface area contributed by atoms with Crippen LogP contribution in [0.5, 0.6) is 0 Å². The van der Waals surface area contributed by atoms with Gasteiger partial charge in [-0.3, -0.25) is 4.48 Å². The molecule has 0 atom stereocenters. The zero-order chi connectivity index (χ0) is 42.7. The maximum absolute atomic E-state index is 10.4. The van der Waals surface area contributed by atoms with Gasteiger partial charge in [-0.2, -0.15) is 0 Å². The van der Waals surface area contributed by atoms with Gasteiger partial charge in [0, 0.05) is 109 Å². The summed E-state index contributed by atoms with van der Waals surface area (Å²) in [6.07, 6.45) is 0. The van der Waals surface area contributed by atoms with Crippen LogP contribution < -0.4 is 29.4 Å². The lowest BCUT2D eigenvalue weighted by atomic mass is 10.1. The van der Waals surface area contributed by atoms with E-state index in [1.807, 2.05) is 136 Å². The summed E-state index contributed by atoms with van der Waals surface area (Å²) >= 11 is 0. The first-order valence-electron chi connectivity index (χ1n) is 20.5. The van der Waals surface area contributed by atoms with E-state index in [9.17, 15) is 40.9 Å². The maximum atomic E-state index is 10.4. The molecule has 0 aliphatic rings. The molecule has 0 bridgehead atoms. The molecule has 0 aromatic heterocycles. The minimum atomic E-state index is -0.122. The highest BCUT2D eigenvalue weighted by Crippen LogP contribution is 2.40. The van der Waals surface area contributed by atoms with Crippen molar-refractivity contribution in [3.8, 4) is 0 Å². The van der Waals surface area contributed by atoms with Gasteiger partial charge in [0.15, 0.2) is 0 Å². The maximum Gasteiger partial charge on any atom is 0.138 e. The Hall–Kier alpha value is -5.26. The molecule has 5 aromatic carbocycles. The second-order valence-electron chi connectivity index (χ2n) is 14.3. The first-order valence-corrected chi connectivity index (χ1v) is 20.5. The van der Waals surface area contributed by atoms with Crippen molar-refractivity contribution in [1.82, 2.24) is 4.48 Å². The minimum absolute atomic E-state index is 0.00896. The van der Waals surface area contributed by atoms with E-state index in [0.717, 1.165) is 56.9 Å². The van der Waals surface area contributed by atoms with Crippen molar-refractivity contribution in [2.24, 2.45) is 0 Å². The second kappa shape index (κ2) is 23.5. The van der Waals surface area contributed by atoms with Gasteiger partial charge >= 0.3 is 0 Å². The molecular weight excluding hydrogens is 765 g/mol. The number of aliphatic hydroxyl groups is 8. The molecule has 5 aromatic rings. The van der Waals surface area contributed by atoms with Crippen LogP contribution in [-0.4, -0.2) is 146 Å². The summed E-state index contributed by atoms with van der Waals surface area (Å²) in [4.78, 5) is 7.88. The van der Waals surface area contributed by atoms with Crippen molar-refractivity contribution in [2.75, 3.05) is 130 Å². The highest BCUT2D eigenvalue weighted by molar-refractivity contribution is 5.80. The summed E-state index contributed by atoms with van der Waals surface area (Å²) in [5.41, 5.74) is 8.76. The summed E-state index contributed by atoms with van der Waals surface area (Å²) in [7, 11) is 0. The quantitative estimate of drug-likeness (QED) is 0.0366. The standard InChI is InChI=1S/C46H61N6O8/c53-29-21-48(22-30-54)39-5-1-37(2-6-39)47-38-3-7-42(8-4-38)51(43-11-9-40(10-12-43)49(23-31-55)24-32-56)44-15-19-46(20-16-44)52(27-35-59,28-36-60)45-17-13-41(14-18-45)50(25-33-57)26-34-58/h1-20,47,53-60H,21-36H2/q+1. The fraction of sp³-hybridized carbons (Fsp3) is 0.348. The van der Waals surface area contributed by atoms with Gasteiger partial charge in [-0.1, -0.05) is 0 Å². The van der Waals surface area contributed by atoms with Crippen LogP contribution in [0.2, 0.25) is 0 Å². The molecule has 0 aliphatic carbocycles. The van der Waals surface area contributed by atoms with E-state index in [4.69, 9.17) is 0 Å². The normalized spacial score (nSPS) is 11.4. The molecule has 60 heavy (non-hydrogen) atoms. The molecule has 0 saturated carbocycles. The van der Waals surface area contributed by atoms with Gasteiger partial charge in [-0.05, 0) is 97.1 Å². The number of nitrogens with zero attached hydrogens (tertiary/aromatic N) is 5. The summed E-state index contributed by atoms with van der Waals surface area (Å²) in [6, 6.07) is 39.7. The number of hydrogen-bond donors (Lipinski definition) is 9. The average Bonchev–Trinajstić information content (AvgIpc) is 3.27. The van der Waals surface area contributed by atoms with Crippen LogP contribution >= 0.6 is 0 Å². The molecule has 0 unspecified atom stereocenters. The molecule has 0 fully saturated rings. The third-order valence-electron chi connectivity index (χ3n) is 10.6. The van der Waals surface area contributed by atoms with Gasteiger partial charge in [0.1, 0.15) is 24.5 Å². The SMILES string of the molecule is OCCN(CCO)c1ccc(Nc2ccc(N(c3ccc(N(CCO)CCO)cc3)c3ccc([N+](CCO)(CCO)c4ccc(N(CCO)CCO)cc4)cc3)cc2)cc1. The Kier molecular flexibility index (Phi) is 18.0. The predicted molar refractivity (Wildman–Crippen MR) is 242 cm³/mol. The number of nitrogens with one attached hydrogen (secondary N) is 1. The van der Waals surface area contributed by atoms with Crippen LogP contribution in [0, 0.1) is 0 Å². The fourth-order valence-electron chi connectivity index (χ4n) is 7.66. The number of anilines is 8. The summed E-state index contributed by atoms with van der Waals surface area (Å²) in [5, 5.41) is 81.5. The first kappa shape index (κ1) is 45.8. The molecule has 9 N–H and O–H groups in total. The third kappa shape index (κ3) is 11.5. The van der Waals surface area contributed by atoms with E-state index in [1.54, 1.807) is 0 Å². The van der Waals surface area contributed by atoms with Crippen molar-refractivity contribution >= 4 is 56.9 Å². The largest absolute Gasteiger partial charge is 0.395 e. The molecule has 14 heteroatoms. The fourth-order valence-corrected chi connectivity index (χ4v) is 7.66. The lowest BCUT2D eigenvalue weighted by Crippen LogP contribution is -2.48. The smallest absolute Gasteiger partial charge is 0.138 e. The van der Waals surface area contributed by atoms with E-state index < -0.39 is 0 Å². The van der Waals surface area contributed by atoms with Gasteiger partial charge in [0.05, 0.1) is 52.9 Å². The highest BCUT2D eigenvalue weighted by atomic mass is 16.3. The number of benzene rings is 5. The molecule has 0 heterocycles. The first-order chi connectivity index (χ1) is 29.4. The van der Waals surface area contributed by atoms with Gasteiger partial charge in [0.25, 0.3) is 0 Å². The Bertz CT molecular complexity index is 1930. The lowest BCUT2D eigenvalue weighted by Gasteiger charge is -2.37. The minimum Gasteiger partial charge on any atom is -0.395 e. The van der Waals surface area contributed by atoms with Gasteiger partial charge in [0.2, 0.25) is 0 Å². The predicted octanol–water partition coefficient (Wildman–Crippen LogP) is 3.90. The Labute approximate surface area is 352 Å². The summed E-state index contributed by atoms with van der Waals surface area (Å²) in [5.74, 6) is 0. The van der Waals surface area contributed by atoms with Crippen LogP contribution in [-0.2, 0) is 0 Å². The van der Waals surface area contributed by atoms with Crippen molar-refractivity contribution in [3.05, 3.63) is 121 Å². The number of quaternary nitrogens is 1. The molecule has 322 valence electrons. The lowest BCUT2D eigenvalue weighted by molar-refractivity contribution is 0.203. The van der Waals surface area contributed by atoms with E-state index in [-0.39, 0.29) is 57.3 Å². The van der Waals surface area contributed by atoms with Crippen LogP contribution in [0.15, 0.2) is 121 Å². The molecule has 0 amide bonds. The van der Waals surface area contributed by atoms with Gasteiger partial charge < -0.3 is 65.8 Å². The molecule has 5 rings (SSSR count). The molecule has 0 radical (unpaired) electrons. The summed E-state index contributed by atoms with van der Waals surface area (Å²) in [6.45, 7) is 2.58. The van der Waals surface area contributed by atoms with E-state index in [1.165, 1.54) is 0 Å². The van der Waals surface area contributed by atoms with Crippen molar-refractivity contribution < 1.29 is 40.9 Å². The molecule has 0 aliphatic heterocycles. The van der Waals surface area contributed by atoms with E-state index in [2.05, 4.69) is 10.2 Å². The van der Waals surface area contributed by atoms with E-state index >= 15 is 0 Å². The third-order valence-corrected chi connectivity index (χ3v) is 10.6. The second-order valence-corrected chi connectivity index (χ2v) is 14.3. The number of rotatable bonds is 26.